The fourth-order valence-electron chi connectivity index (χ4n) is 1.38. The van der Waals surface area contributed by atoms with Crippen LogP contribution in [0.3, 0.4) is 0 Å². The smallest absolute Gasteiger partial charge is 0.325 e. The molecule has 0 atom stereocenters. The summed E-state index contributed by atoms with van der Waals surface area (Å²) in [5.41, 5.74) is 0.320. The first-order valence-electron chi connectivity index (χ1n) is 5.88. The van der Waals surface area contributed by atoms with Crippen molar-refractivity contribution in [1.29, 1.82) is 0 Å². The zero-order valence-electron chi connectivity index (χ0n) is 10.9. The number of hydrogen-bond acceptors (Lipinski definition) is 3. The van der Waals surface area contributed by atoms with Crippen molar-refractivity contribution in [1.82, 2.24) is 4.90 Å². The maximum absolute atomic E-state index is 13.3. The maximum atomic E-state index is 13.3. The van der Waals surface area contributed by atoms with Crippen LogP contribution in [0, 0.1) is 5.82 Å². The van der Waals surface area contributed by atoms with E-state index in [1.807, 2.05) is 0 Å². The van der Waals surface area contributed by atoms with Crippen molar-refractivity contribution < 1.29 is 18.7 Å². The van der Waals surface area contributed by atoms with E-state index >= 15 is 0 Å². The van der Waals surface area contributed by atoms with Crippen LogP contribution in [-0.4, -0.2) is 37.0 Å². The topological polar surface area (TPSA) is 46.6 Å². The van der Waals surface area contributed by atoms with Crippen molar-refractivity contribution in [3.8, 4) is 0 Å². The van der Waals surface area contributed by atoms with Crippen molar-refractivity contribution in [3.05, 3.63) is 41.7 Å². The lowest BCUT2D eigenvalue weighted by atomic mass is 10.2. The lowest BCUT2D eigenvalue weighted by Crippen LogP contribution is -2.31. The summed E-state index contributed by atoms with van der Waals surface area (Å²) in [6.07, 6.45) is 2.59. The molecule has 0 saturated heterocycles. The van der Waals surface area contributed by atoms with Gasteiger partial charge in [0.25, 0.3) is 0 Å². The van der Waals surface area contributed by atoms with Crippen LogP contribution in [0.1, 0.15) is 12.5 Å². The molecule has 0 bridgehead atoms. The molecule has 0 saturated carbocycles. The summed E-state index contributed by atoms with van der Waals surface area (Å²) < 4.78 is 18.0. The summed E-state index contributed by atoms with van der Waals surface area (Å²) in [5.74, 6) is -1.27. The molecule has 0 spiro atoms. The molecule has 0 N–H and O–H groups in total. The second-order valence-corrected chi connectivity index (χ2v) is 3.85. The summed E-state index contributed by atoms with van der Waals surface area (Å²) in [4.78, 5) is 24.1. The van der Waals surface area contributed by atoms with Gasteiger partial charge in [-0.15, -0.1) is 0 Å². The molecule has 0 fully saturated rings. The molecule has 1 aromatic rings. The highest BCUT2D eigenvalue weighted by molar-refractivity contribution is 5.93. The minimum atomic E-state index is -0.474. The van der Waals surface area contributed by atoms with E-state index < -0.39 is 17.7 Å². The number of rotatable bonds is 5. The average molecular weight is 265 g/mol. The average Bonchev–Trinajstić information content (AvgIpc) is 2.37. The Bertz CT molecular complexity index is 485. The predicted octanol–water partition coefficient (Wildman–Crippen LogP) is 1.86. The largest absolute Gasteiger partial charge is 0.465 e. The van der Waals surface area contributed by atoms with E-state index in [1.165, 1.54) is 30.2 Å². The lowest BCUT2D eigenvalue weighted by Gasteiger charge is -2.13. The van der Waals surface area contributed by atoms with Crippen LogP contribution >= 0.6 is 0 Å². The van der Waals surface area contributed by atoms with Gasteiger partial charge in [-0.05, 0) is 19.1 Å². The first-order chi connectivity index (χ1) is 9.04. The number of likely N-dealkylation sites (N-methyl/N-ethyl adjacent to an activating group) is 1. The van der Waals surface area contributed by atoms with Crippen LogP contribution < -0.4 is 0 Å². The third kappa shape index (κ3) is 4.91. The van der Waals surface area contributed by atoms with E-state index in [2.05, 4.69) is 0 Å². The molecule has 1 rings (SSSR count). The molecule has 0 unspecified atom stereocenters. The van der Waals surface area contributed by atoms with Crippen LogP contribution in [0.25, 0.3) is 6.08 Å². The number of halogens is 1. The lowest BCUT2D eigenvalue weighted by molar-refractivity contribution is -0.146. The molecule has 0 aliphatic rings. The first kappa shape index (κ1) is 14.9. The molecule has 0 heterocycles. The van der Waals surface area contributed by atoms with E-state index in [0.717, 1.165) is 0 Å². The number of amides is 1. The summed E-state index contributed by atoms with van der Waals surface area (Å²) in [5, 5.41) is 0. The van der Waals surface area contributed by atoms with Gasteiger partial charge in [0.05, 0.1) is 6.61 Å². The Morgan fingerprint density at radius 1 is 1.37 bits per heavy atom. The molecule has 1 aromatic carbocycles. The van der Waals surface area contributed by atoms with Crippen molar-refractivity contribution in [2.75, 3.05) is 20.2 Å². The van der Waals surface area contributed by atoms with Crippen LogP contribution in [0.15, 0.2) is 30.3 Å². The Labute approximate surface area is 111 Å². The highest BCUT2D eigenvalue weighted by Gasteiger charge is 2.10. The van der Waals surface area contributed by atoms with Crippen molar-refractivity contribution in [2.45, 2.75) is 6.92 Å². The quantitative estimate of drug-likeness (QED) is 0.603. The van der Waals surface area contributed by atoms with Crippen LogP contribution in [-0.2, 0) is 14.3 Å². The SMILES string of the molecule is CCOC(=O)CN(C)C(=O)/C=C/c1ccccc1F. The zero-order valence-corrected chi connectivity index (χ0v) is 10.9. The van der Waals surface area contributed by atoms with Crippen molar-refractivity contribution >= 4 is 18.0 Å². The molecule has 5 heteroatoms. The standard InChI is InChI=1S/C14H16FNO3/c1-3-19-14(18)10-16(2)13(17)9-8-11-6-4-5-7-12(11)15/h4-9H,3,10H2,1-2H3/b9-8+. The van der Waals surface area contributed by atoms with Crippen molar-refractivity contribution in [2.24, 2.45) is 0 Å². The highest BCUT2D eigenvalue weighted by atomic mass is 19.1. The fourth-order valence-corrected chi connectivity index (χ4v) is 1.38. The number of hydrogen-bond donors (Lipinski definition) is 0. The Morgan fingerprint density at radius 2 is 2.05 bits per heavy atom. The predicted molar refractivity (Wildman–Crippen MR) is 69.7 cm³/mol. The van der Waals surface area contributed by atoms with Gasteiger partial charge in [0.15, 0.2) is 0 Å². The number of esters is 1. The molecule has 4 nitrogen and oxygen atoms in total. The van der Waals surface area contributed by atoms with Gasteiger partial charge in [-0.3, -0.25) is 9.59 Å². The first-order valence-corrected chi connectivity index (χ1v) is 5.88. The van der Waals surface area contributed by atoms with Crippen LogP contribution in [0.4, 0.5) is 4.39 Å². The summed E-state index contributed by atoms with van der Waals surface area (Å²) in [6.45, 7) is 1.83. The van der Waals surface area contributed by atoms with Gasteiger partial charge in [0.1, 0.15) is 12.4 Å². The number of carbonyl (C=O) groups is 2. The fraction of sp³-hybridized carbons (Fsp3) is 0.286. The van der Waals surface area contributed by atoms with Gasteiger partial charge in [-0.25, -0.2) is 4.39 Å². The minimum Gasteiger partial charge on any atom is -0.465 e. The van der Waals surface area contributed by atoms with Gasteiger partial charge in [0, 0.05) is 18.7 Å². The normalized spacial score (nSPS) is 10.5. The van der Waals surface area contributed by atoms with Crippen LogP contribution in [0.5, 0.6) is 0 Å². The molecule has 102 valence electrons. The van der Waals surface area contributed by atoms with Crippen molar-refractivity contribution in [3.63, 3.8) is 0 Å². The monoisotopic (exact) mass is 265 g/mol. The van der Waals surface area contributed by atoms with E-state index in [0.29, 0.717) is 5.56 Å². The minimum absolute atomic E-state index is 0.131. The van der Waals surface area contributed by atoms with Gasteiger partial charge in [-0.2, -0.15) is 0 Å². The Kier molecular flexibility index (Phi) is 5.73. The molecule has 0 aromatic heterocycles. The van der Waals surface area contributed by atoms with Crippen LogP contribution in [0.2, 0.25) is 0 Å². The third-order valence-corrected chi connectivity index (χ3v) is 2.36. The maximum Gasteiger partial charge on any atom is 0.325 e. The third-order valence-electron chi connectivity index (χ3n) is 2.36. The summed E-state index contributed by atoms with van der Waals surface area (Å²) in [7, 11) is 1.48. The van der Waals surface area contributed by atoms with Gasteiger partial charge in [0.2, 0.25) is 5.91 Å². The van der Waals surface area contributed by atoms with E-state index in [9.17, 15) is 14.0 Å². The molecular weight excluding hydrogens is 249 g/mol. The zero-order chi connectivity index (χ0) is 14.3. The molecule has 19 heavy (non-hydrogen) atoms. The number of nitrogens with zero attached hydrogens (tertiary/aromatic N) is 1. The van der Waals surface area contributed by atoms with Gasteiger partial charge >= 0.3 is 5.97 Å². The Morgan fingerprint density at radius 3 is 2.68 bits per heavy atom. The second kappa shape index (κ2) is 7.31. The molecular formula is C14H16FNO3. The molecule has 0 aliphatic heterocycles. The van der Waals surface area contributed by atoms with E-state index in [-0.39, 0.29) is 13.2 Å². The summed E-state index contributed by atoms with van der Waals surface area (Å²) in [6, 6.07) is 6.12. The van der Waals surface area contributed by atoms with Gasteiger partial charge in [-0.1, -0.05) is 18.2 Å². The second-order valence-electron chi connectivity index (χ2n) is 3.85. The number of carbonyl (C=O) groups excluding carboxylic acids is 2. The summed E-state index contributed by atoms with van der Waals surface area (Å²) >= 11 is 0. The Balaban J connectivity index is 2.59. The molecule has 0 radical (unpaired) electrons. The number of benzene rings is 1. The Hall–Kier alpha value is -2.17. The highest BCUT2D eigenvalue weighted by Crippen LogP contribution is 2.08. The molecule has 0 aliphatic carbocycles. The van der Waals surface area contributed by atoms with E-state index in [4.69, 9.17) is 4.74 Å². The van der Waals surface area contributed by atoms with Gasteiger partial charge < -0.3 is 9.64 Å². The molecule has 1 amide bonds. The number of ether oxygens (including phenoxy) is 1. The van der Waals surface area contributed by atoms with E-state index in [1.54, 1.807) is 25.1 Å².